The third kappa shape index (κ3) is 4.09. The smallest absolute Gasteiger partial charge is 0.171 e. The summed E-state index contributed by atoms with van der Waals surface area (Å²) in [5.74, 6) is 0.849. The highest BCUT2D eigenvalue weighted by atomic mass is 79.9. The molecule has 3 nitrogen and oxygen atoms in total. The predicted molar refractivity (Wildman–Crippen MR) is 96.2 cm³/mol. The lowest BCUT2D eigenvalue weighted by molar-refractivity contribution is 0.426. The van der Waals surface area contributed by atoms with E-state index in [4.69, 9.17) is 4.52 Å². The van der Waals surface area contributed by atoms with Crippen LogP contribution in [-0.4, -0.2) is 11.7 Å². The number of hydrogen-bond donors (Lipinski definition) is 1. The van der Waals surface area contributed by atoms with Crippen molar-refractivity contribution in [2.45, 2.75) is 19.9 Å². The lowest BCUT2D eigenvalue weighted by atomic mass is 10.1. The second kappa shape index (κ2) is 7.57. The van der Waals surface area contributed by atoms with Crippen molar-refractivity contribution in [3.8, 4) is 11.3 Å². The Balaban J connectivity index is 1.64. The number of aryl methyl sites for hydroxylation is 1. The topological polar surface area (TPSA) is 38.1 Å². The summed E-state index contributed by atoms with van der Waals surface area (Å²) in [6.45, 7) is 3.67. The van der Waals surface area contributed by atoms with E-state index in [9.17, 15) is 0 Å². The molecule has 0 atom stereocenters. The van der Waals surface area contributed by atoms with Crippen LogP contribution in [0.3, 0.4) is 0 Å². The second-order valence-electron chi connectivity index (χ2n) is 5.49. The molecule has 0 spiro atoms. The van der Waals surface area contributed by atoms with Crippen LogP contribution < -0.4 is 5.32 Å². The minimum Gasteiger partial charge on any atom is -0.356 e. The molecule has 3 rings (SSSR count). The molecule has 0 aliphatic heterocycles. The number of nitrogens with one attached hydrogen (secondary N) is 1. The molecule has 0 amide bonds. The minimum atomic E-state index is 0.758. The van der Waals surface area contributed by atoms with Gasteiger partial charge in [0.2, 0.25) is 0 Å². The van der Waals surface area contributed by atoms with Crippen molar-refractivity contribution in [1.82, 2.24) is 10.5 Å². The third-order valence-corrected chi connectivity index (χ3v) is 4.35. The fourth-order valence-electron chi connectivity index (χ4n) is 2.52. The van der Waals surface area contributed by atoms with Gasteiger partial charge in [-0.1, -0.05) is 63.6 Å². The highest BCUT2D eigenvalue weighted by molar-refractivity contribution is 9.10. The number of hydrogen-bond acceptors (Lipinski definition) is 3. The van der Waals surface area contributed by atoms with Crippen LogP contribution in [0.1, 0.15) is 16.8 Å². The van der Waals surface area contributed by atoms with Crippen molar-refractivity contribution in [2.24, 2.45) is 0 Å². The zero-order valence-electron chi connectivity index (χ0n) is 13.1. The molecule has 1 heterocycles. The molecule has 0 unspecified atom stereocenters. The molecular weight excluding hydrogens is 352 g/mol. The van der Waals surface area contributed by atoms with Gasteiger partial charge in [-0.2, -0.15) is 0 Å². The summed E-state index contributed by atoms with van der Waals surface area (Å²) in [5, 5.41) is 7.61. The quantitative estimate of drug-likeness (QED) is 0.636. The first-order valence-electron chi connectivity index (χ1n) is 7.70. The standard InChI is InChI=1S/C19H19BrN2O/c1-14-18(13-21-12-11-15-5-3-2-4-6-15)19(23-22-14)16-7-9-17(20)10-8-16/h2-10,21H,11-13H2,1H3. The van der Waals surface area contributed by atoms with E-state index in [-0.39, 0.29) is 0 Å². The van der Waals surface area contributed by atoms with Gasteiger partial charge >= 0.3 is 0 Å². The molecule has 4 heteroatoms. The number of halogens is 1. The molecule has 1 aromatic heterocycles. The number of benzene rings is 2. The van der Waals surface area contributed by atoms with E-state index >= 15 is 0 Å². The minimum absolute atomic E-state index is 0.758. The summed E-state index contributed by atoms with van der Waals surface area (Å²) in [6.07, 6.45) is 1.01. The Morgan fingerprint density at radius 2 is 1.78 bits per heavy atom. The molecule has 0 fully saturated rings. The van der Waals surface area contributed by atoms with Gasteiger partial charge in [0.05, 0.1) is 5.69 Å². The van der Waals surface area contributed by atoms with E-state index in [0.717, 1.165) is 46.6 Å². The molecule has 118 valence electrons. The normalized spacial score (nSPS) is 10.9. The van der Waals surface area contributed by atoms with Crippen LogP contribution in [0.5, 0.6) is 0 Å². The maximum atomic E-state index is 5.53. The SMILES string of the molecule is Cc1noc(-c2ccc(Br)cc2)c1CNCCc1ccccc1. The molecule has 0 bridgehead atoms. The molecule has 0 saturated carbocycles. The summed E-state index contributed by atoms with van der Waals surface area (Å²) < 4.78 is 6.59. The highest BCUT2D eigenvalue weighted by Crippen LogP contribution is 2.27. The maximum Gasteiger partial charge on any atom is 0.171 e. The average Bonchev–Trinajstić information content (AvgIpc) is 2.94. The lowest BCUT2D eigenvalue weighted by Gasteiger charge is -2.06. The Kier molecular flexibility index (Phi) is 5.26. The van der Waals surface area contributed by atoms with Gasteiger partial charge in [-0.05, 0) is 37.6 Å². The third-order valence-electron chi connectivity index (χ3n) is 3.83. The Hall–Kier alpha value is -1.91. The summed E-state index contributed by atoms with van der Waals surface area (Å²) >= 11 is 3.46. The van der Waals surface area contributed by atoms with Crippen molar-refractivity contribution in [1.29, 1.82) is 0 Å². The molecule has 3 aromatic rings. The van der Waals surface area contributed by atoms with Crippen LogP contribution in [-0.2, 0) is 13.0 Å². The van der Waals surface area contributed by atoms with Crippen molar-refractivity contribution >= 4 is 15.9 Å². The van der Waals surface area contributed by atoms with Crippen LogP contribution in [0.15, 0.2) is 63.6 Å². The molecule has 0 aliphatic carbocycles. The Bertz CT molecular complexity index is 751. The van der Waals surface area contributed by atoms with E-state index in [1.54, 1.807) is 0 Å². The Morgan fingerprint density at radius 1 is 1.04 bits per heavy atom. The van der Waals surface area contributed by atoms with Gasteiger partial charge in [0.1, 0.15) is 0 Å². The summed E-state index contributed by atoms with van der Waals surface area (Å²) in [4.78, 5) is 0. The van der Waals surface area contributed by atoms with E-state index in [1.807, 2.05) is 37.3 Å². The first-order chi connectivity index (χ1) is 11.2. The fraction of sp³-hybridized carbons (Fsp3) is 0.211. The van der Waals surface area contributed by atoms with E-state index in [0.29, 0.717) is 0 Å². The number of rotatable bonds is 6. The highest BCUT2D eigenvalue weighted by Gasteiger charge is 2.14. The maximum absolute atomic E-state index is 5.53. The van der Waals surface area contributed by atoms with Gasteiger partial charge < -0.3 is 9.84 Å². The first kappa shape index (κ1) is 16.0. The van der Waals surface area contributed by atoms with E-state index < -0.39 is 0 Å². The molecule has 23 heavy (non-hydrogen) atoms. The van der Waals surface area contributed by atoms with Crippen LogP contribution in [0.2, 0.25) is 0 Å². The van der Waals surface area contributed by atoms with Crippen molar-refractivity contribution in [2.75, 3.05) is 6.54 Å². The van der Waals surface area contributed by atoms with Gasteiger partial charge in [0.15, 0.2) is 5.76 Å². The summed E-state index contributed by atoms with van der Waals surface area (Å²) in [5.41, 5.74) is 4.46. The lowest BCUT2D eigenvalue weighted by Crippen LogP contribution is -2.17. The average molecular weight is 371 g/mol. The zero-order valence-corrected chi connectivity index (χ0v) is 14.6. The van der Waals surface area contributed by atoms with Gasteiger partial charge in [-0.15, -0.1) is 0 Å². The van der Waals surface area contributed by atoms with Crippen LogP contribution in [0.25, 0.3) is 11.3 Å². The molecule has 0 radical (unpaired) electrons. The van der Waals surface area contributed by atoms with Crippen molar-refractivity contribution in [3.05, 3.63) is 75.9 Å². The second-order valence-corrected chi connectivity index (χ2v) is 6.41. The molecule has 0 saturated heterocycles. The van der Waals surface area contributed by atoms with E-state index in [2.05, 4.69) is 50.7 Å². The van der Waals surface area contributed by atoms with Gasteiger partial charge in [0.25, 0.3) is 0 Å². The Labute approximate surface area is 144 Å². The largest absolute Gasteiger partial charge is 0.356 e. The van der Waals surface area contributed by atoms with Crippen molar-refractivity contribution < 1.29 is 4.52 Å². The van der Waals surface area contributed by atoms with Crippen LogP contribution in [0, 0.1) is 6.92 Å². The molecular formula is C19H19BrN2O. The van der Waals surface area contributed by atoms with E-state index in [1.165, 1.54) is 5.56 Å². The summed E-state index contributed by atoms with van der Waals surface area (Å²) in [7, 11) is 0. The van der Waals surface area contributed by atoms with Gasteiger partial charge in [0, 0.05) is 22.1 Å². The van der Waals surface area contributed by atoms with Crippen LogP contribution in [0.4, 0.5) is 0 Å². The Morgan fingerprint density at radius 3 is 2.52 bits per heavy atom. The first-order valence-corrected chi connectivity index (χ1v) is 8.49. The fourth-order valence-corrected chi connectivity index (χ4v) is 2.78. The summed E-state index contributed by atoms with van der Waals surface area (Å²) in [6, 6.07) is 18.6. The zero-order chi connectivity index (χ0) is 16.1. The van der Waals surface area contributed by atoms with Gasteiger partial charge in [-0.25, -0.2) is 0 Å². The number of nitrogens with zero attached hydrogens (tertiary/aromatic N) is 1. The van der Waals surface area contributed by atoms with Crippen LogP contribution >= 0.6 is 15.9 Å². The monoisotopic (exact) mass is 370 g/mol. The van der Waals surface area contributed by atoms with Crippen molar-refractivity contribution in [3.63, 3.8) is 0 Å². The number of aromatic nitrogens is 1. The molecule has 1 N–H and O–H groups in total. The predicted octanol–water partition coefficient (Wildman–Crippen LogP) is 4.74. The van der Waals surface area contributed by atoms with Gasteiger partial charge in [-0.3, -0.25) is 0 Å². The molecule has 2 aromatic carbocycles. The molecule has 0 aliphatic rings.